The molecule has 0 saturated heterocycles. The highest BCUT2D eigenvalue weighted by atomic mass is 19.4. The molecular weight excluding hydrogens is 282 g/mol. The van der Waals surface area contributed by atoms with Crippen molar-refractivity contribution in [3.05, 3.63) is 28.8 Å². The lowest BCUT2D eigenvalue weighted by atomic mass is 10.0. The highest BCUT2D eigenvalue weighted by molar-refractivity contribution is 5.91. The van der Waals surface area contributed by atoms with E-state index in [2.05, 4.69) is 4.74 Å². The Kier molecular flexibility index (Phi) is 3.69. The Bertz CT molecular complexity index is 503. The van der Waals surface area contributed by atoms with Crippen LogP contribution >= 0.6 is 0 Å². The first-order valence-corrected chi connectivity index (χ1v) is 4.56. The zero-order valence-electron chi connectivity index (χ0n) is 9.15. The summed E-state index contributed by atoms with van der Waals surface area (Å²) in [4.78, 5) is 10.6. The summed E-state index contributed by atoms with van der Waals surface area (Å²) in [5.41, 5.74) is -5.11. The Balaban J connectivity index is 3.70. The highest BCUT2D eigenvalue weighted by Gasteiger charge is 2.40. The van der Waals surface area contributed by atoms with E-state index in [-0.39, 0.29) is 12.1 Å². The number of carbonyl (C=O) groups is 1. The van der Waals surface area contributed by atoms with Crippen molar-refractivity contribution in [2.24, 2.45) is 0 Å². The fourth-order valence-corrected chi connectivity index (χ4v) is 1.37. The van der Waals surface area contributed by atoms with Crippen LogP contribution in [0.15, 0.2) is 12.1 Å². The maximum absolute atomic E-state index is 12.6. The van der Waals surface area contributed by atoms with Gasteiger partial charge >= 0.3 is 12.4 Å². The van der Waals surface area contributed by atoms with Gasteiger partial charge in [0.25, 0.3) is 0 Å². The molecule has 0 saturated carbocycles. The lowest BCUT2D eigenvalue weighted by molar-refractivity contribution is -0.256. The van der Waals surface area contributed by atoms with Crippen LogP contribution in [0.3, 0.4) is 0 Å². The van der Waals surface area contributed by atoms with Gasteiger partial charge in [-0.2, -0.15) is 26.3 Å². The molecule has 1 aromatic carbocycles. The van der Waals surface area contributed by atoms with E-state index in [9.17, 15) is 36.2 Å². The van der Waals surface area contributed by atoms with E-state index < -0.39 is 40.8 Å². The summed E-state index contributed by atoms with van der Waals surface area (Å²) < 4.78 is 79.3. The number of rotatable bonds is 2. The first-order valence-electron chi connectivity index (χ1n) is 4.56. The summed E-state index contributed by atoms with van der Waals surface area (Å²) >= 11 is 0. The Morgan fingerprint density at radius 2 is 1.63 bits per heavy atom. The minimum absolute atomic E-state index is 0.167. The lowest BCUT2D eigenvalue weighted by Gasteiger charge is -2.19. The largest absolute Gasteiger partial charge is 0.545 e. The molecule has 1 aromatic rings. The highest BCUT2D eigenvalue weighted by Crippen LogP contribution is 2.41. The molecular formula is C10H5F6O3-. The monoisotopic (exact) mass is 287 g/mol. The molecule has 1 rings (SSSR count). The van der Waals surface area contributed by atoms with E-state index in [4.69, 9.17) is 0 Å². The van der Waals surface area contributed by atoms with Crippen molar-refractivity contribution in [3.63, 3.8) is 0 Å². The second-order valence-electron chi connectivity index (χ2n) is 3.38. The molecule has 0 atom stereocenters. The SMILES string of the molecule is COc1cc(C(F)(F)F)cc(C(F)(F)F)c1C(=O)[O-]. The van der Waals surface area contributed by atoms with E-state index in [1.807, 2.05) is 0 Å². The zero-order chi connectivity index (χ0) is 15.0. The van der Waals surface area contributed by atoms with Gasteiger partial charge in [-0.05, 0) is 12.1 Å². The van der Waals surface area contributed by atoms with E-state index in [0.29, 0.717) is 0 Å². The van der Waals surface area contributed by atoms with Crippen molar-refractivity contribution in [1.82, 2.24) is 0 Å². The first-order chi connectivity index (χ1) is 8.48. The second kappa shape index (κ2) is 4.63. The van der Waals surface area contributed by atoms with Crippen LogP contribution in [-0.2, 0) is 12.4 Å². The average Bonchev–Trinajstić information content (AvgIpc) is 2.24. The van der Waals surface area contributed by atoms with Crippen LogP contribution in [0, 0.1) is 0 Å². The molecule has 0 aromatic heterocycles. The fraction of sp³-hybridized carbons (Fsp3) is 0.300. The van der Waals surface area contributed by atoms with E-state index in [0.717, 1.165) is 7.11 Å². The van der Waals surface area contributed by atoms with Crippen LogP contribution in [0.25, 0.3) is 0 Å². The molecule has 0 unspecified atom stereocenters. The van der Waals surface area contributed by atoms with Crippen LogP contribution in [0.1, 0.15) is 21.5 Å². The van der Waals surface area contributed by atoms with Crippen LogP contribution < -0.4 is 9.84 Å². The maximum atomic E-state index is 12.6. The lowest BCUT2D eigenvalue weighted by Crippen LogP contribution is -2.27. The Morgan fingerprint density at radius 3 is 1.95 bits per heavy atom. The van der Waals surface area contributed by atoms with Crippen molar-refractivity contribution in [2.45, 2.75) is 12.4 Å². The van der Waals surface area contributed by atoms with Crippen LogP contribution in [0.5, 0.6) is 5.75 Å². The number of carbonyl (C=O) groups excluding carboxylic acids is 1. The number of alkyl halides is 6. The summed E-state index contributed by atoms with van der Waals surface area (Å²) in [5.74, 6) is -3.35. The number of hydrogen-bond acceptors (Lipinski definition) is 3. The number of halogens is 6. The molecule has 9 heteroatoms. The van der Waals surface area contributed by atoms with Gasteiger partial charge in [0.1, 0.15) is 5.75 Å². The van der Waals surface area contributed by atoms with Crippen LogP contribution in [0.4, 0.5) is 26.3 Å². The molecule has 0 aliphatic rings. The Hall–Kier alpha value is -1.93. The van der Waals surface area contributed by atoms with E-state index >= 15 is 0 Å². The predicted octanol–water partition coefficient (Wildman–Crippen LogP) is 2.10. The minimum Gasteiger partial charge on any atom is -0.545 e. The van der Waals surface area contributed by atoms with Crippen molar-refractivity contribution < 1.29 is 41.0 Å². The molecule has 3 nitrogen and oxygen atoms in total. The molecule has 0 bridgehead atoms. The Labute approximate surface area is 102 Å². The Morgan fingerprint density at radius 1 is 1.11 bits per heavy atom. The fourth-order valence-electron chi connectivity index (χ4n) is 1.37. The molecule has 0 spiro atoms. The van der Waals surface area contributed by atoms with Gasteiger partial charge in [0.2, 0.25) is 0 Å². The third-order valence-corrected chi connectivity index (χ3v) is 2.16. The maximum Gasteiger partial charge on any atom is 0.417 e. The summed E-state index contributed by atoms with van der Waals surface area (Å²) in [6, 6.07) is -0.131. The summed E-state index contributed by atoms with van der Waals surface area (Å²) in [5, 5.41) is 10.6. The zero-order valence-corrected chi connectivity index (χ0v) is 9.15. The molecule has 0 heterocycles. The summed E-state index contributed by atoms with van der Waals surface area (Å²) in [7, 11) is 0.752. The smallest absolute Gasteiger partial charge is 0.417 e. The second-order valence-corrected chi connectivity index (χ2v) is 3.38. The topological polar surface area (TPSA) is 49.4 Å². The molecule has 0 radical (unpaired) electrons. The molecule has 0 amide bonds. The van der Waals surface area contributed by atoms with Crippen molar-refractivity contribution in [1.29, 1.82) is 0 Å². The van der Waals surface area contributed by atoms with Gasteiger partial charge < -0.3 is 14.6 Å². The van der Waals surface area contributed by atoms with Gasteiger partial charge in [-0.1, -0.05) is 0 Å². The number of ether oxygens (including phenoxy) is 1. The number of methoxy groups -OCH3 is 1. The van der Waals surface area contributed by atoms with E-state index in [1.54, 1.807) is 0 Å². The van der Waals surface area contributed by atoms with Crippen LogP contribution in [-0.4, -0.2) is 13.1 Å². The molecule has 0 aliphatic carbocycles. The number of benzene rings is 1. The van der Waals surface area contributed by atoms with Crippen molar-refractivity contribution in [2.75, 3.05) is 7.11 Å². The van der Waals surface area contributed by atoms with Gasteiger partial charge in [0.05, 0.1) is 29.8 Å². The van der Waals surface area contributed by atoms with Gasteiger partial charge in [0.15, 0.2) is 0 Å². The van der Waals surface area contributed by atoms with Gasteiger partial charge in [-0.3, -0.25) is 0 Å². The number of aromatic carboxylic acids is 1. The molecule has 0 N–H and O–H groups in total. The third-order valence-electron chi connectivity index (χ3n) is 2.16. The number of carboxylic acids is 1. The average molecular weight is 287 g/mol. The molecule has 19 heavy (non-hydrogen) atoms. The number of hydrogen-bond donors (Lipinski definition) is 0. The predicted molar refractivity (Wildman–Crippen MR) is 47.3 cm³/mol. The van der Waals surface area contributed by atoms with Gasteiger partial charge in [-0.25, -0.2) is 0 Å². The minimum atomic E-state index is -5.29. The summed E-state index contributed by atoms with van der Waals surface area (Å²) in [6.45, 7) is 0. The first kappa shape index (κ1) is 15.1. The van der Waals surface area contributed by atoms with Gasteiger partial charge in [-0.15, -0.1) is 0 Å². The van der Waals surface area contributed by atoms with Gasteiger partial charge in [0, 0.05) is 0 Å². The third kappa shape index (κ3) is 3.09. The summed E-state index contributed by atoms with van der Waals surface area (Å²) in [6.07, 6.45) is -10.4. The van der Waals surface area contributed by atoms with E-state index in [1.165, 1.54) is 0 Å². The van der Waals surface area contributed by atoms with Crippen molar-refractivity contribution in [3.8, 4) is 5.75 Å². The molecule has 106 valence electrons. The quantitative estimate of drug-likeness (QED) is 0.783. The molecule has 0 fully saturated rings. The van der Waals surface area contributed by atoms with Crippen LogP contribution in [0.2, 0.25) is 0 Å². The van der Waals surface area contributed by atoms with Crippen molar-refractivity contribution >= 4 is 5.97 Å². The normalized spacial score (nSPS) is 12.4. The standard InChI is InChI=1S/C10H6F6O3/c1-19-6-3-4(9(11,12)13)2-5(10(14,15)16)7(6)8(17)18/h2-3H,1H3,(H,17,18)/p-1. The number of carboxylic acid groups (broad SMARTS) is 1. The molecule has 0 aliphatic heterocycles.